The Morgan fingerprint density at radius 1 is 1.11 bits per heavy atom. The zero-order valence-corrected chi connectivity index (χ0v) is 11.6. The van der Waals surface area contributed by atoms with E-state index in [4.69, 9.17) is 15.2 Å². The highest BCUT2D eigenvalue weighted by molar-refractivity contribution is 5.54. The summed E-state index contributed by atoms with van der Waals surface area (Å²) in [5, 5.41) is 0. The molecule has 2 N–H and O–H groups in total. The van der Waals surface area contributed by atoms with Gasteiger partial charge in [-0.1, -0.05) is 18.2 Å². The third kappa shape index (κ3) is 4.29. The first-order valence-corrected chi connectivity index (χ1v) is 6.28. The Hall–Kier alpha value is -1.10. The summed E-state index contributed by atoms with van der Waals surface area (Å²) < 4.78 is 10.3. The minimum absolute atomic E-state index is 0.0220. The van der Waals surface area contributed by atoms with Crippen LogP contribution in [0.4, 0.5) is 5.69 Å². The van der Waals surface area contributed by atoms with Gasteiger partial charge in [0.2, 0.25) is 0 Å². The van der Waals surface area contributed by atoms with Gasteiger partial charge in [-0.05, 0) is 18.6 Å². The standard InChI is InChI=1S/C14H24N2O2/c1-12(15)13-6-4-5-7-14(13)16(8-10-17-2)9-11-18-3/h4-7,12H,8-11,15H2,1-3H3. The first-order valence-electron chi connectivity index (χ1n) is 6.28. The van der Waals surface area contributed by atoms with Crippen molar-refractivity contribution in [1.29, 1.82) is 0 Å². The molecule has 4 nitrogen and oxygen atoms in total. The summed E-state index contributed by atoms with van der Waals surface area (Å²) >= 11 is 0. The number of nitrogens with zero attached hydrogens (tertiary/aromatic N) is 1. The molecule has 0 aliphatic carbocycles. The molecule has 0 saturated carbocycles. The predicted molar refractivity (Wildman–Crippen MR) is 75.0 cm³/mol. The maximum Gasteiger partial charge on any atom is 0.0637 e. The molecule has 4 heteroatoms. The minimum Gasteiger partial charge on any atom is -0.383 e. The van der Waals surface area contributed by atoms with Crippen LogP contribution >= 0.6 is 0 Å². The van der Waals surface area contributed by atoms with Gasteiger partial charge in [0, 0.05) is 39.0 Å². The van der Waals surface area contributed by atoms with Gasteiger partial charge in [0.25, 0.3) is 0 Å². The number of ether oxygens (including phenoxy) is 2. The van der Waals surface area contributed by atoms with Gasteiger partial charge in [-0.2, -0.15) is 0 Å². The van der Waals surface area contributed by atoms with Gasteiger partial charge in [0.05, 0.1) is 13.2 Å². The second-order valence-corrected chi connectivity index (χ2v) is 4.32. The lowest BCUT2D eigenvalue weighted by Gasteiger charge is -2.27. The zero-order chi connectivity index (χ0) is 13.4. The van der Waals surface area contributed by atoms with Crippen molar-refractivity contribution in [3.05, 3.63) is 29.8 Å². The average Bonchev–Trinajstić information content (AvgIpc) is 2.39. The summed E-state index contributed by atoms with van der Waals surface area (Å²) in [5.41, 5.74) is 8.35. The Labute approximate surface area is 110 Å². The third-order valence-electron chi connectivity index (χ3n) is 2.90. The topological polar surface area (TPSA) is 47.7 Å². The fraction of sp³-hybridized carbons (Fsp3) is 0.571. The van der Waals surface area contributed by atoms with Crippen molar-refractivity contribution < 1.29 is 9.47 Å². The van der Waals surface area contributed by atoms with E-state index < -0.39 is 0 Å². The van der Waals surface area contributed by atoms with Crippen molar-refractivity contribution in [2.75, 3.05) is 45.4 Å². The molecule has 0 fully saturated rings. The lowest BCUT2D eigenvalue weighted by atomic mass is 10.1. The number of para-hydroxylation sites is 1. The Morgan fingerprint density at radius 2 is 1.67 bits per heavy atom. The average molecular weight is 252 g/mol. The predicted octanol–water partition coefficient (Wildman–Crippen LogP) is 1.81. The van der Waals surface area contributed by atoms with E-state index in [0.29, 0.717) is 13.2 Å². The monoisotopic (exact) mass is 252 g/mol. The van der Waals surface area contributed by atoms with Gasteiger partial charge in [-0.15, -0.1) is 0 Å². The fourth-order valence-electron chi connectivity index (χ4n) is 1.92. The molecule has 0 radical (unpaired) electrons. The van der Waals surface area contributed by atoms with E-state index in [9.17, 15) is 0 Å². The Balaban J connectivity index is 2.88. The van der Waals surface area contributed by atoms with Gasteiger partial charge >= 0.3 is 0 Å². The number of methoxy groups -OCH3 is 2. The number of hydrogen-bond acceptors (Lipinski definition) is 4. The molecule has 0 aliphatic heterocycles. The summed E-state index contributed by atoms with van der Waals surface area (Å²) in [6.45, 7) is 5.06. The maximum atomic E-state index is 6.02. The highest BCUT2D eigenvalue weighted by Gasteiger charge is 2.12. The van der Waals surface area contributed by atoms with Crippen LogP contribution in [0.3, 0.4) is 0 Å². The molecular formula is C14H24N2O2. The largest absolute Gasteiger partial charge is 0.383 e. The van der Waals surface area contributed by atoms with Crippen LogP contribution in [-0.2, 0) is 9.47 Å². The van der Waals surface area contributed by atoms with E-state index in [1.165, 1.54) is 5.69 Å². The van der Waals surface area contributed by atoms with Crippen LogP contribution in [-0.4, -0.2) is 40.5 Å². The second kappa shape index (κ2) is 8.08. The van der Waals surface area contributed by atoms with Crippen molar-refractivity contribution in [2.45, 2.75) is 13.0 Å². The molecule has 0 amide bonds. The zero-order valence-electron chi connectivity index (χ0n) is 11.6. The number of benzene rings is 1. The summed E-state index contributed by atoms with van der Waals surface area (Å²) in [6.07, 6.45) is 0. The Morgan fingerprint density at radius 3 is 2.17 bits per heavy atom. The van der Waals surface area contributed by atoms with E-state index in [2.05, 4.69) is 17.0 Å². The molecule has 1 aromatic rings. The summed E-state index contributed by atoms with van der Waals surface area (Å²) in [4.78, 5) is 2.26. The molecule has 1 rings (SSSR count). The number of hydrogen-bond donors (Lipinski definition) is 1. The van der Waals surface area contributed by atoms with Crippen molar-refractivity contribution in [3.8, 4) is 0 Å². The second-order valence-electron chi connectivity index (χ2n) is 4.32. The molecule has 0 spiro atoms. The van der Waals surface area contributed by atoms with Crippen LogP contribution in [0.25, 0.3) is 0 Å². The van der Waals surface area contributed by atoms with E-state index in [1.807, 2.05) is 19.1 Å². The summed E-state index contributed by atoms with van der Waals surface area (Å²) in [5.74, 6) is 0. The van der Waals surface area contributed by atoms with Crippen molar-refractivity contribution in [3.63, 3.8) is 0 Å². The van der Waals surface area contributed by atoms with Crippen molar-refractivity contribution in [1.82, 2.24) is 0 Å². The Kier molecular flexibility index (Phi) is 6.72. The van der Waals surface area contributed by atoms with E-state index in [-0.39, 0.29) is 6.04 Å². The van der Waals surface area contributed by atoms with Gasteiger partial charge in [0.15, 0.2) is 0 Å². The molecule has 1 atom stereocenters. The molecule has 18 heavy (non-hydrogen) atoms. The number of rotatable bonds is 8. The normalized spacial score (nSPS) is 12.4. The number of anilines is 1. The van der Waals surface area contributed by atoms with Crippen LogP contribution in [0.5, 0.6) is 0 Å². The van der Waals surface area contributed by atoms with Crippen molar-refractivity contribution >= 4 is 5.69 Å². The molecule has 102 valence electrons. The van der Waals surface area contributed by atoms with Crippen molar-refractivity contribution in [2.24, 2.45) is 5.73 Å². The van der Waals surface area contributed by atoms with Crippen LogP contribution in [0, 0.1) is 0 Å². The smallest absolute Gasteiger partial charge is 0.0637 e. The van der Waals surface area contributed by atoms with E-state index in [0.717, 1.165) is 18.7 Å². The van der Waals surface area contributed by atoms with E-state index in [1.54, 1.807) is 14.2 Å². The number of nitrogens with two attached hydrogens (primary N) is 1. The van der Waals surface area contributed by atoms with Crippen LogP contribution in [0.2, 0.25) is 0 Å². The van der Waals surface area contributed by atoms with Gasteiger partial charge in [-0.3, -0.25) is 0 Å². The SMILES string of the molecule is COCCN(CCOC)c1ccccc1C(C)N. The lowest BCUT2D eigenvalue weighted by Crippen LogP contribution is -2.32. The van der Waals surface area contributed by atoms with E-state index >= 15 is 0 Å². The van der Waals surface area contributed by atoms with Crippen LogP contribution in [0.1, 0.15) is 18.5 Å². The highest BCUT2D eigenvalue weighted by Crippen LogP contribution is 2.24. The molecular weight excluding hydrogens is 228 g/mol. The highest BCUT2D eigenvalue weighted by atomic mass is 16.5. The molecule has 1 unspecified atom stereocenters. The quantitative estimate of drug-likeness (QED) is 0.766. The van der Waals surface area contributed by atoms with Crippen LogP contribution < -0.4 is 10.6 Å². The van der Waals surface area contributed by atoms with Crippen LogP contribution in [0.15, 0.2) is 24.3 Å². The molecule has 0 aromatic heterocycles. The molecule has 0 saturated heterocycles. The van der Waals surface area contributed by atoms with Gasteiger partial charge in [0.1, 0.15) is 0 Å². The molecule has 0 bridgehead atoms. The minimum atomic E-state index is 0.0220. The fourth-order valence-corrected chi connectivity index (χ4v) is 1.92. The first kappa shape index (κ1) is 15.0. The first-order chi connectivity index (χ1) is 8.70. The van der Waals surface area contributed by atoms with Gasteiger partial charge in [-0.25, -0.2) is 0 Å². The summed E-state index contributed by atoms with van der Waals surface area (Å²) in [6, 6.07) is 8.26. The molecule has 1 aromatic carbocycles. The summed E-state index contributed by atoms with van der Waals surface area (Å²) in [7, 11) is 3.43. The third-order valence-corrected chi connectivity index (χ3v) is 2.90. The van der Waals surface area contributed by atoms with Gasteiger partial charge < -0.3 is 20.1 Å². The Bertz CT molecular complexity index is 334. The maximum absolute atomic E-state index is 6.02. The molecule has 0 heterocycles. The molecule has 0 aliphatic rings. The lowest BCUT2D eigenvalue weighted by molar-refractivity contribution is 0.190.